The van der Waals surface area contributed by atoms with Gasteiger partial charge >= 0.3 is 0 Å². The second-order valence-corrected chi connectivity index (χ2v) is 14.3. The summed E-state index contributed by atoms with van der Waals surface area (Å²) in [7, 11) is 0. The zero-order valence-corrected chi connectivity index (χ0v) is 30.0. The molecule has 254 valence electrons. The highest BCUT2D eigenvalue weighted by atomic mass is 15.0. The Labute approximate surface area is 313 Å². The SMILES string of the molecule is CCn1c2ccccc2c2cc(-c3ccc4c5ccccc5n(-c5ccc(-c6c7ccccc7c(-c7ccccc7)c7ccccc67)cc5)c4c3)ccc21. The van der Waals surface area contributed by atoms with Crippen molar-refractivity contribution in [2.24, 2.45) is 0 Å². The van der Waals surface area contributed by atoms with Crippen LogP contribution in [0.5, 0.6) is 0 Å². The zero-order valence-electron chi connectivity index (χ0n) is 30.0. The second kappa shape index (κ2) is 12.1. The fraction of sp³-hybridized carbons (Fsp3) is 0.0385. The molecule has 0 spiro atoms. The molecule has 2 heterocycles. The fourth-order valence-corrected chi connectivity index (χ4v) is 9.13. The molecule has 2 heteroatoms. The lowest BCUT2D eigenvalue weighted by molar-refractivity contribution is 0.827. The first-order chi connectivity index (χ1) is 26.8. The maximum atomic E-state index is 2.44. The lowest BCUT2D eigenvalue weighted by Gasteiger charge is -2.18. The molecule has 2 aromatic heterocycles. The van der Waals surface area contributed by atoms with Crippen molar-refractivity contribution in [3.8, 4) is 39.1 Å². The van der Waals surface area contributed by atoms with E-state index in [4.69, 9.17) is 0 Å². The van der Waals surface area contributed by atoms with E-state index in [1.165, 1.54) is 98.5 Å². The molecule has 0 aliphatic rings. The number of benzene rings is 9. The molecule has 0 unspecified atom stereocenters. The number of para-hydroxylation sites is 2. The van der Waals surface area contributed by atoms with Gasteiger partial charge in [0.15, 0.2) is 0 Å². The number of nitrogens with zero attached hydrogens (tertiary/aromatic N) is 2. The zero-order chi connectivity index (χ0) is 35.8. The third-order valence-electron chi connectivity index (χ3n) is 11.5. The second-order valence-electron chi connectivity index (χ2n) is 14.3. The first-order valence-corrected chi connectivity index (χ1v) is 18.9. The molecular weight excluding hydrogens is 653 g/mol. The molecule has 0 amide bonds. The lowest BCUT2D eigenvalue weighted by atomic mass is 9.86. The highest BCUT2D eigenvalue weighted by Crippen LogP contribution is 2.44. The summed E-state index contributed by atoms with van der Waals surface area (Å²) in [6.45, 7) is 3.17. The largest absolute Gasteiger partial charge is 0.341 e. The van der Waals surface area contributed by atoms with Crippen LogP contribution in [0.1, 0.15) is 6.92 Å². The van der Waals surface area contributed by atoms with E-state index in [0.717, 1.165) is 12.2 Å². The van der Waals surface area contributed by atoms with Crippen molar-refractivity contribution in [1.82, 2.24) is 9.13 Å². The Morgan fingerprint density at radius 1 is 0.315 bits per heavy atom. The lowest BCUT2D eigenvalue weighted by Crippen LogP contribution is -1.95. The standard InChI is InChI=1S/C52H36N2/c1-2-53-47-22-12-10-17-40(47)46-32-36(27-31-48(46)53)37-26-30-41-39-16-11-13-23-49(39)54(50(41)33-37)38-28-24-35(25-29-38)52-44-20-8-6-18-42(44)51(34-14-4-3-5-15-34)43-19-7-9-21-45(43)52/h3-33H,2H2,1H3. The molecule has 2 nitrogen and oxygen atoms in total. The van der Waals surface area contributed by atoms with Gasteiger partial charge < -0.3 is 9.13 Å². The van der Waals surface area contributed by atoms with Crippen LogP contribution in [-0.4, -0.2) is 9.13 Å². The third-order valence-corrected chi connectivity index (χ3v) is 11.5. The Morgan fingerprint density at radius 2 is 0.759 bits per heavy atom. The Morgan fingerprint density at radius 3 is 1.39 bits per heavy atom. The van der Waals surface area contributed by atoms with E-state index in [2.05, 4.69) is 204 Å². The highest BCUT2D eigenvalue weighted by molar-refractivity contribution is 6.21. The summed E-state index contributed by atoms with van der Waals surface area (Å²) in [6, 6.07) is 69.3. The minimum absolute atomic E-state index is 0.944. The van der Waals surface area contributed by atoms with Crippen molar-refractivity contribution in [2.45, 2.75) is 13.5 Å². The molecule has 0 N–H and O–H groups in total. The molecule has 0 saturated carbocycles. The van der Waals surface area contributed by atoms with Gasteiger partial charge in [0.25, 0.3) is 0 Å². The topological polar surface area (TPSA) is 9.86 Å². The van der Waals surface area contributed by atoms with Gasteiger partial charge in [-0.25, -0.2) is 0 Å². The van der Waals surface area contributed by atoms with Crippen LogP contribution in [-0.2, 0) is 6.54 Å². The molecule has 9 aromatic carbocycles. The minimum Gasteiger partial charge on any atom is -0.341 e. The maximum Gasteiger partial charge on any atom is 0.0547 e. The van der Waals surface area contributed by atoms with Gasteiger partial charge in [-0.15, -0.1) is 0 Å². The van der Waals surface area contributed by atoms with E-state index in [0.29, 0.717) is 0 Å². The number of hydrogen-bond donors (Lipinski definition) is 0. The van der Waals surface area contributed by atoms with Gasteiger partial charge in [-0.2, -0.15) is 0 Å². The van der Waals surface area contributed by atoms with Crippen LogP contribution >= 0.6 is 0 Å². The fourth-order valence-electron chi connectivity index (χ4n) is 9.13. The van der Waals surface area contributed by atoms with Crippen molar-refractivity contribution < 1.29 is 0 Å². The van der Waals surface area contributed by atoms with Gasteiger partial charge in [0.05, 0.1) is 11.0 Å². The highest BCUT2D eigenvalue weighted by Gasteiger charge is 2.18. The van der Waals surface area contributed by atoms with E-state index in [1.807, 2.05) is 0 Å². The Kier molecular flexibility index (Phi) is 6.87. The van der Waals surface area contributed by atoms with Gasteiger partial charge in [-0.05, 0) is 104 Å². The quantitative estimate of drug-likeness (QED) is 0.159. The molecule has 11 rings (SSSR count). The van der Waals surface area contributed by atoms with Crippen LogP contribution in [0.25, 0.3) is 104 Å². The summed E-state index contributed by atoms with van der Waals surface area (Å²) in [4.78, 5) is 0. The number of aromatic nitrogens is 2. The molecule has 54 heavy (non-hydrogen) atoms. The first kappa shape index (κ1) is 30.7. The molecule has 0 bridgehead atoms. The summed E-state index contributed by atoms with van der Waals surface area (Å²) >= 11 is 0. The molecule has 11 aromatic rings. The average Bonchev–Trinajstić information content (AvgIpc) is 3.75. The van der Waals surface area contributed by atoms with Crippen LogP contribution in [0.4, 0.5) is 0 Å². The molecule has 0 fully saturated rings. The van der Waals surface area contributed by atoms with Gasteiger partial charge in [-0.3, -0.25) is 0 Å². The predicted molar refractivity (Wildman–Crippen MR) is 231 cm³/mol. The van der Waals surface area contributed by atoms with Crippen LogP contribution < -0.4 is 0 Å². The number of hydrogen-bond acceptors (Lipinski definition) is 0. The molecular formula is C52H36N2. The molecule has 0 aliphatic carbocycles. The van der Waals surface area contributed by atoms with Crippen molar-refractivity contribution in [2.75, 3.05) is 0 Å². The van der Waals surface area contributed by atoms with E-state index >= 15 is 0 Å². The number of fused-ring (bicyclic) bond motifs is 8. The Bertz CT molecular complexity index is 3180. The average molecular weight is 689 g/mol. The van der Waals surface area contributed by atoms with Gasteiger partial charge in [0.1, 0.15) is 0 Å². The molecule has 0 radical (unpaired) electrons. The summed E-state index contributed by atoms with van der Waals surface area (Å²) < 4.78 is 4.86. The summed E-state index contributed by atoms with van der Waals surface area (Å²) in [5.74, 6) is 0. The summed E-state index contributed by atoms with van der Waals surface area (Å²) in [5, 5.41) is 10.2. The Hall–Kier alpha value is -6.90. The van der Waals surface area contributed by atoms with E-state index < -0.39 is 0 Å². The van der Waals surface area contributed by atoms with Crippen molar-refractivity contribution >= 4 is 65.2 Å². The number of rotatable bonds is 5. The third kappa shape index (κ3) is 4.53. The van der Waals surface area contributed by atoms with Gasteiger partial charge in [0, 0.05) is 44.8 Å². The van der Waals surface area contributed by atoms with Gasteiger partial charge in [0.2, 0.25) is 0 Å². The van der Waals surface area contributed by atoms with Crippen molar-refractivity contribution in [3.05, 3.63) is 188 Å². The number of aryl methyl sites for hydroxylation is 1. The van der Waals surface area contributed by atoms with E-state index in [-0.39, 0.29) is 0 Å². The predicted octanol–water partition coefficient (Wildman–Crippen LogP) is 14.2. The van der Waals surface area contributed by atoms with Crippen LogP contribution in [0, 0.1) is 0 Å². The van der Waals surface area contributed by atoms with E-state index in [9.17, 15) is 0 Å². The summed E-state index contributed by atoms with van der Waals surface area (Å²) in [5.41, 5.74) is 13.6. The van der Waals surface area contributed by atoms with E-state index in [1.54, 1.807) is 0 Å². The van der Waals surface area contributed by atoms with Crippen LogP contribution in [0.3, 0.4) is 0 Å². The molecule has 0 aliphatic heterocycles. The first-order valence-electron chi connectivity index (χ1n) is 18.9. The van der Waals surface area contributed by atoms with Crippen LogP contribution in [0.15, 0.2) is 188 Å². The monoisotopic (exact) mass is 688 g/mol. The smallest absolute Gasteiger partial charge is 0.0547 e. The van der Waals surface area contributed by atoms with Crippen LogP contribution in [0.2, 0.25) is 0 Å². The van der Waals surface area contributed by atoms with Crippen molar-refractivity contribution in [1.29, 1.82) is 0 Å². The van der Waals surface area contributed by atoms with Crippen molar-refractivity contribution in [3.63, 3.8) is 0 Å². The normalized spacial score (nSPS) is 11.9. The molecule has 0 atom stereocenters. The maximum absolute atomic E-state index is 2.44. The minimum atomic E-state index is 0.944. The van der Waals surface area contributed by atoms with Gasteiger partial charge in [-0.1, -0.05) is 146 Å². The summed E-state index contributed by atoms with van der Waals surface area (Å²) in [6.07, 6.45) is 0. The molecule has 0 saturated heterocycles. The Balaban J connectivity index is 1.09.